The normalized spacial score (nSPS) is 10.4. The summed E-state index contributed by atoms with van der Waals surface area (Å²) >= 11 is 1.57. The fraction of sp³-hybridized carbons (Fsp3) is 0.273. The molecule has 5 heteroatoms. The molecule has 1 heterocycles. The summed E-state index contributed by atoms with van der Waals surface area (Å²) in [6.45, 7) is 2.98. The Kier molecular flexibility index (Phi) is 3.48. The topological polar surface area (TPSA) is 61.0 Å². The summed E-state index contributed by atoms with van der Waals surface area (Å²) in [4.78, 5) is 0. The van der Waals surface area contributed by atoms with Crippen LogP contribution in [0.25, 0.3) is 10.6 Å². The zero-order valence-electron chi connectivity index (χ0n) is 9.01. The summed E-state index contributed by atoms with van der Waals surface area (Å²) in [5.74, 6) is 0.816. The first-order valence-corrected chi connectivity index (χ1v) is 5.84. The Morgan fingerprint density at radius 3 is 2.94 bits per heavy atom. The minimum atomic E-state index is 0.516. The molecule has 2 rings (SSSR count). The van der Waals surface area contributed by atoms with Crippen molar-refractivity contribution in [2.45, 2.75) is 6.92 Å². The molecule has 0 amide bonds. The second-order valence-corrected chi connectivity index (χ2v) is 4.47. The third kappa shape index (κ3) is 2.56. The largest absolute Gasteiger partial charge is 0.492 e. The van der Waals surface area contributed by atoms with Crippen molar-refractivity contribution in [3.8, 4) is 16.3 Å². The summed E-state index contributed by atoms with van der Waals surface area (Å²) in [6, 6.07) is 7.80. The van der Waals surface area contributed by atoms with Gasteiger partial charge in [0.25, 0.3) is 0 Å². The van der Waals surface area contributed by atoms with Gasteiger partial charge >= 0.3 is 0 Å². The van der Waals surface area contributed by atoms with E-state index >= 15 is 0 Å². The Bertz CT molecular complexity index is 470. The minimum Gasteiger partial charge on any atom is -0.492 e. The molecule has 0 saturated carbocycles. The van der Waals surface area contributed by atoms with E-state index in [9.17, 15) is 0 Å². The van der Waals surface area contributed by atoms with Gasteiger partial charge in [0.1, 0.15) is 22.4 Å². The van der Waals surface area contributed by atoms with Gasteiger partial charge in [0, 0.05) is 12.1 Å². The Morgan fingerprint density at radius 1 is 1.38 bits per heavy atom. The number of hydrogen-bond donors (Lipinski definition) is 1. The van der Waals surface area contributed by atoms with Crippen molar-refractivity contribution in [2.75, 3.05) is 13.2 Å². The number of hydrogen-bond acceptors (Lipinski definition) is 5. The number of aromatic nitrogens is 2. The molecule has 0 atom stereocenters. The van der Waals surface area contributed by atoms with Gasteiger partial charge in [0.2, 0.25) is 0 Å². The highest BCUT2D eigenvalue weighted by Crippen LogP contribution is 2.26. The van der Waals surface area contributed by atoms with E-state index in [0.29, 0.717) is 13.2 Å². The molecule has 0 fully saturated rings. The number of rotatable bonds is 4. The standard InChI is InChI=1S/C11H13N3OS/c1-8-13-14-11(16-8)9-3-2-4-10(7-9)15-6-5-12/h2-4,7H,5-6,12H2,1H3. The zero-order chi connectivity index (χ0) is 11.4. The molecule has 0 unspecified atom stereocenters. The van der Waals surface area contributed by atoms with Gasteiger partial charge in [-0.25, -0.2) is 0 Å². The maximum absolute atomic E-state index is 5.46. The molecule has 16 heavy (non-hydrogen) atoms. The van der Waals surface area contributed by atoms with Gasteiger partial charge in [-0.2, -0.15) is 0 Å². The van der Waals surface area contributed by atoms with Crippen LogP contribution in [0.3, 0.4) is 0 Å². The summed E-state index contributed by atoms with van der Waals surface area (Å²) in [5.41, 5.74) is 6.41. The quantitative estimate of drug-likeness (QED) is 0.878. The monoisotopic (exact) mass is 235 g/mol. The van der Waals surface area contributed by atoms with Gasteiger partial charge in [-0.3, -0.25) is 0 Å². The molecule has 84 valence electrons. The van der Waals surface area contributed by atoms with E-state index in [0.717, 1.165) is 21.3 Å². The van der Waals surface area contributed by atoms with Gasteiger partial charge in [-0.05, 0) is 19.1 Å². The van der Waals surface area contributed by atoms with Crippen LogP contribution in [0.4, 0.5) is 0 Å². The SMILES string of the molecule is Cc1nnc(-c2cccc(OCCN)c2)s1. The first-order chi connectivity index (χ1) is 7.79. The molecule has 2 N–H and O–H groups in total. The Labute approximate surface area is 98.1 Å². The predicted molar refractivity (Wildman–Crippen MR) is 64.6 cm³/mol. The number of benzene rings is 1. The fourth-order valence-electron chi connectivity index (χ4n) is 1.31. The lowest BCUT2D eigenvalue weighted by molar-refractivity contribution is 0.328. The zero-order valence-corrected chi connectivity index (χ0v) is 9.83. The lowest BCUT2D eigenvalue weighted by Crippen LogP contribution is -2.10. The number of aryl methyl sites for hydroxylation is 1. The summed E-state index contributed by atoms with van der Waals surface area (Å²) in [5, 5.41) is 9.96. The summed E-state index contributed by atoms with van der Waals surface area (Å²) in [7, 11) is 0. The van der Waals surface area contributed by atoms with Crippen LogP contribution in [0.1, 0.15) is 5.01 Å². The van der Waals surface area contributed by atoms with Crippen LogP contribution in [-0.4, -0.2) is 23.3 Å². The van der Waals surface area contributed by atoms with E-state index in [1.165, 1.54) is 0 Å². The molecule has 4 nitrogen and oxygen atoms in total. The van der Waals surface area contributed by atoms with Gasteiger partial charge < -0.3 is 10.5 Å². The van der Waals surface area contributed by atoms with Gasteiger partial charge in [0.05, 0.1) is 0 Å². The predicted octanol–water partition coefficient (Wildman–Crippen LogP) is 1.85. The van der Waals surface area contributed by atoms with Crippen LogP contribution >= 0.6 is 11.3 Å². The third-order valence-corrected chi connectivity index (χ3v) is 2.88. The maximum Gasteiger partial charge on any atom is 0.147 e. The lowest BCUT2D eigenvalue weighted by atomic mass is 10.2. The van der Waals surface area contributed by atoms with Crippen LogP contribution in [-0.2, 0) is 0 Å². The van der Waals surface area contributed by atoms with Crippen LogP contribution in [0.2, 0.25) is 0 Å². The van der Waals surface area contributed by atoms with Gasteiger partial charge in [-0.1, -0.05) is 23.5 Å². The van der Waals surface area contributed by atoms with Gasteiger partial charge in [-0.15, -0.1) is 10.2 Å². The molecule has 1 aromatic carbocycles. The van der Waals surface area contributed by atoms with E-state index < -0.39 is 0 Å². The Hall–Kier alpha value is -1.46. The van der Waals surface area contributed by atoms with Crippen molar-refractivity contribution >= 4 is 11.3 Å². The molecule has 0 aliphatic rings. The van der Waals surface area contributed by atoms with Crippen LogP contribution < -0.4 is 10.5 Å². The van der Waals surface area contributed by atoms with Crippen LogP contribution in [0, 0.1) is 6.92 Å². The lowest BCUT2D eigenvalue weighted by Gasteiger charge is -2.04. The Balaban J connectivity index is 2.22. The van der Waals surface area contributed by atoms with Crippen molar-refractivity contribution in [1.29, 1.82) is 0 Å². The number of nitrogens with two attached hydrogens (primary N) is 1. The van der Waals surface area contributed by atoms with Crippen LogP contribution in [0.5, 0.6) is 5.75 Å². The fourth-order valence-corrected chi connectivity index (χ4v) is 2.00. The second kappa shape index (κ2) is 5.05. The molecule has 0 spiro atoms. The van der Waals surface area contributed by atoms with E-state index in [2.05, 4.69) is 10.2 Å². The average Bonchev–Trinajstić information content (AvgIpc) is 2.74. The van der Waals surface area contributed by atoms with E-state index in [-0.39, 0.29) is 0 Å². The third-order valence-electron chi connectivity index (χ3n) is 1.99. The van der Waals surface area contributed by atoms with Gasteiger partial charge in [0.15, 0.2) is 0 Å². The molecule has 2 aromatic rings. The van der Waals surface area contributed by atoms with Crippen molar-refractivity contribution in [3.05, 3.63) is 29.3 Å². The van der Waals surface area contributed by atoms with Crippen molar-refractivity contribution in [1.82, 2.24) is 10.2 Å². The van der Waals surface area contributed by atoms with Crippen molar-refractivity contribution < 1.29 is 4.74 Å². The summed E-state index contributed by atoms with van der Waals surface area (Å²) in [6.07, 6.45) is 0. The number of nitrogens with zero attached hydrogens (tertiary/aromatic N) is 2. The molecular formula is C11H13N3OS. The second-order valence-electron chi connectivity index (χ2n) is 3.29. The first kappa shape index (κ1) is 11.0. The minimum absolute atomic E-state index is 0.516. The van der Waals surface area contributed by atoms with Crippen LogP contribution in [0.15, 0.2) is 24.3 Å². The highest BCUT2D eigenvalue weighted by molar-refractivity contribution is 7.14. The summed E-state index contributed by atoms with van der Waals surface area (Å²) < 4.78 is 5.46. The van der Waals surface area contributed by atoms with E-state index in [4.69, 9.17) is 10.5 Å². The van der Waals surface area contributed by atoms with E-state index in [1.54, 1.807) is 11.3 Å². The average molecular weight is 235 g/mol. The van der Waals surface area contributed by atoms with Crippen molar-refractivity contribution in [2.24, 2.45) is 5.73 Å². The molecule has 1 aromatic heterocycles. The highest BCUT2D eigenvalue weighted by atomic mass is 32.1. The molecule has 0 bridgehead atoms. The number of ether oxygens (including phenoxy) is 1. The molecule has 0 aliphatic heterocycles. The maximum atomic E-state index is 5.46. The molecular weight excluding hydrogens is 222 g/mol. The molecule has 0 saturated heterocycles. The smallest absolute Gasteiger partial charge is 0.147 e. The highest BCUT2D eigenvalue weighted by Gasteiger charge is 2.04. The first-order valence-electron chi connectivity index (χ1n) is 5.03. The van der Waals surface area contributed by atoms with E-state index in [1.807, 2.05) is 31.2 Å². The Morgan fingerprint density at radius 2 is 2.25 bits per heavy atom. The molecule has 0 aliphatic carbocycles. The molecule has 0 radical (unpaired) electrons. The van der Waals surface area contributed by atoms with Crippen molar-refractivity contribution in [3.63, 3.8) is 0 Å².